The van der Waals surface area contributed by atoms with E-state index in [-0.39, 0.29) is 11.8 Å². The van der Waals surface area contributed by atoms with E-state index in [0.29, 0.717) is 13.1 Å². The van der Waals surface area contributed by atoms with Crippen molar-refractivity contribution in [2.45, 2.75) is 25.6 Å². The lowest BCUT2D eigenvalue weighted by molar-refractivity contribution is -0.123. The molecule has 1 aliphatic heterocycles. The van der Waals surface area contributed by atoms with E-state index in [1.807, 2.05) is 61.9 Å². The molecule has 5 rings (SSSR count). The van der Waals surface area contributed by atoms with E-state index in [1.165, 1.54) is 5.56 Å². The Bertz CT molecular complexity index is 1280. The summed E-state index contributed by atoms with van der Waals surface area (Å²) in [7, 11) is 3.55. The number of nitrogens with one attached hydrogen (secondary N) is 1. The van der Waals surface area contributed by atoms with Crippen LogP contribution in [0.15, 0.2) is 67.0 Å². The molecule has 1 amide bonds. The fraction of sp³-hybridized carbons (Fsp3) is 0.269. The summed E-state index contributed by atoms with van der Waals surface area (Å²) < 4.78 is 7.02. The number of aryl methyl sites for hydroxylation is 1. The van der Waals surface area contributed by atoms with Gasteiger partial charge in [0, 0.05) is 56.6 Å². The Balaban J connectivity index is 1.34. The largest absolute Gasteiger partial charge is 0.497 e. The first kappa shape index (κ1) is 21.2. The molecule has 1 aliphatic rings. The van der Waals surface area contributed by atoms with Crippen molar-refractivity contribution in [1.82, 2.24) is 25.0 Å². The number of rotatable bonds is 6. The Kier molecular flexibility index (Phi) is 5.79. The van der Waals surface area contributed by atoms with Crippen molar-refractivity contribution in [1.29, 1.82) is 0 Å². The van der Waals surface area contributed by atoms with Gasteiger partial charge >= 0.3 is 0 Å². The molecular formula is C26H27N5O2. The molecule has 0 bridgehead atoms. The van der Waals surface area contributed by atoms with Crippen LogP contribution in [-0.2, 0) is 31.5 Å². The van der Waals surface area contributed by atoms with Crippen LogP contribution in [0, 0.1) is 0 Å². The van der Waals surface area contributed by atoms with Crippen LogP contribution in [0.5, 0.6) is 5.75 Å². The van der Waals surface area contributed by atoms with Crippen molar-refractivity contribution in [2.75, 3.05) is 13.7 Å². The zero-order valence-electron chi connectivity index (χ0n) is 18.9. The van der Waals surface area contributed by atoms with Crippen molar-refractivity contribution in [3.63, 3.8) is 0 Å². The van der Waals surface area contributed by atoms with E-state index in [0.717, 1.165) is 46.6 Å². The second-order valence-corrected chi connectivity index (χ2v) is 8.49. The average Bonchev–Trinajstić information content (AvgIpc) is 3.22. The molecule has 1 N–H and O–H groups in total. The molecule has 0 aliphatic carbocycles. The number of carbonyl (C=O) groups excluding carboxylic acids is 1. The number of aromatic nitrogens is 3. The highest BCUT2D eigenvalue weighted by Crippen LogP contribution is 2.29. The van der Waals surface area contributed by atoms with Gasteiger partial charge in [0.15, 0.2) is 0 Å². The average molecular weight is 442 g/mol. The van der Waals surface area contributed by atoms with Gasteiger partial charge in [-0.25, -0.2) is 0 Å². The summed E-state index contributed by atoms with van der Waals surface area (Å²) in [6, 6.07) is 18.0. The molecule has 7 heteroatoms. The molecule has 0 radical (unpaired) electrons. The lowest BCUT2D eigenvalue weighted by Crippen LogP contribution is -2.40. The van der Waals surface area contributed by atoms with E-state index < -0.39 is 0 Å². The van der Waals surface area contributed by atoms with Crippen LogP contribution in [-0.4, -0.2) is 39.2 Å². The predicted molar refractivity (Wildman–Crippen MR) is 127 cm³/mol. The second kappa shape index (κ2) is 9.03. The minimum Gasteiger partial charge on any atom is -0.497 e. The minimum absolute atomic E-state index is 0.00458. The molecule has 0 saturated heterocycles. The Hall–Kier alpha value is -3.71. The molecule has 33 heavy (non-hydrogen) atoms. The molecule has 168 valence electrons. The third-order valence-electron chi connectivity index (χ3n) is 6.17. The second-order valence-electron chi connectivity index (χ2n) is 8.49. The maximum Gasteiger partial charge on any atom is 0.230 e. The molecule has 0 saturated carbocycles. The van der Waals surface area contributed by atoms with Gasteiger partial charge in [0.2, 0.25) is 5.91 Å². The van der Waals surface area contributed by atoms with E-state index in [9.17, 15) is 4.79 Å². The molecule has 1 atom stereocenters. The lowest BCUT2D eigenvalue weighted by Gasteiger charge is -2.31. The number of nitrogens with zero attached hydrogens (tertiary/aromatic N) is 4. The molecule has 2 aromatic heterocycles. The molecular weight excluding hydrogens is 414 g/mol. The number of hydrogen-bond donors (Lipinski definition) is 1. The summed E-state index contributed by atoms with van der Waals surface area (Å²) >= 11 is 0. The van der Waals surface area contributed by atoms with Gasteiger partial charge in [-0.15, -0.1) is 0 Å². The van der Waals surface area contributed by atoms with Crippen LogP contribution in [0.4, 0.5) is 0 Å². The van der Waals surface area contributed by atoms with Crippen LogP contribution in [0.2, 0.25) is 0 Å². The van der Waals surface area contributed by atoms with Gasteiger partial charge in [-0.05, 0) is 35.4 Å². The Morgan fingerprint density at radius 3 is 2.82 bits per heavy atom. The maximum absolute atomic E-state index is 13.3. The van der Waals surface area contributed by atoms with E-state index in [2.05, 4.69) is 32.4 Å². The first-order chi connectivity index (χ1) is 16.1. The summed E-state index contributed by atoms with van der Waals surface area (Å²) in [6.07, 6.45) is 3.84. The van der Waals surface area contributed by atoms with Crippen LogP contribution in [0.25, 0.3) is 10.9 Å². The lowest BCUT2D eigenvalue weighted by atomic mass is 9.94. The van der Waals surface area contributed by atoms with Gasteiger partial charge in [0.25, 0.3) is 0 Å². The quantitative estimate of drug-likeness (QED) is 0.497. The zero-order chi connectivity index (χ0) is 22.8. The predicted octanol–water partition coefficient (Wildman–Crippen LogP) is 3.39. The number of benzene rings is 2. The molecule has 2 aromatic carbocycles. The standard InChI is InChI=1S/C26H27N5O2/c1-30-14-20-16-31(15-19-5-3-7-24-22(19)6-4-12-27-24)17-23(25(20)29-30)26(32)28-13-18-8-10-21(33-2)11-9-18/h3-12,14,23H,13,15-17H2,1-2H3,(H,28,32). The van der Waals surface area contributed by atoms with Crippen LogP contribution in [0.1, 0.15) is 28.3 Å². The van der Waals surface area contributed by atoms with Gasteiger partial charge in [-0.1, -0.05) is 30.3 Å². The SMILES string of the molecule is COc1ccc(CNC(=O)C2CN(Cc3cccc4ncccc34)Cc3cn(C)nc32)cc1. The van der Waals surface area contributed by atoms with Crippen molar-refractivity contribution in [2.24, 2.45) is 7.05 Å². The first-order valence-corrected chi connectivity index (χ1v) is 11.1. The van der Waals surface area contributed by atoms with E-state index in [4.69, 9.17) is 4.74 Å². The van der Waals surface area contributed by atoms with Crippen molar-refractivity contribution in [3.05, 3.63) is 89.4 Å². The van der Waals surface area contributed by atoms with E-state index >= 15 is 0 Å². The van der Waals surface area contributed by atoms with Crippen LogP contribution >= 0.6 is 0 Å². The smallest absolute Gasteiger partial charge is 0.230 e. The molecule has 0 fully saturated rings. The Labute approximate surface area is 193 Å². The minimum atomic E-state index is -0.318. The van der Waals surface area contributed by atoms with Crippen LogP contribution < -0.4 is 10.1 Å². The first-order valence-electron chi connectivity index (χ1n) is 11.1. The number of methoxy groups -OCH3 is 1. The Morgan fingerprint density at radius 1 is 1.15 bits per heavy atom. The number of pyridine rings is 1. The molecule has 7 nitrogen and oxygen atoms in total. The van der Waals surface area contributed by atoms with Gasteiger partial charge in [0.1, 0.15) is 5.75 Å². The summed E-state index contributed by atoms with van der Waals surface area (Å²) in [5, 5.41) is 8.88. The molecule has 4 aromatic rings. The maximum atomic E-state index is 13.3. The van der Waals surface area contributed by atoms with Gasteiger partial charge < -0.3 is 10.1 Å². The van der Waals surface area contributed by atoms with Gasteiger partial charge in [-0.3, -0.25) is 19.4 Å². The molecule has 1 unspecified atom stereocenters. The fourth-order valence-electron chi connectivity index (χ4n) is 4.55. The van der Waals surface area contributed by atoms with Crippen molar-refractivity contribution >= 4 is 16.8 Å². The normalized spacial score (nSPS) is 15.9. The number of carbonyl (C=O) groups is 1. The van der Waals surface area contributed by atoms with Gasteiger partial charge in [0.05, 0.1) is 24.2 Å². The number of ether oxygens (including phenoxy) is 1. The fourth-order valence-corrected chi connectivity index (χ4v) is 4.55. The molecule has 3 heterocycles. The monoisotopic (exact) mass is 441 g/mol. The molecule has 0 spiro atoms. The number of amides is 1. The van der Waals surface area contributed by atoms with Crippen molar-refractivity contribution < 1.29 is 9.53 Å². The highest BCUT2D eigenvalue weighted by Gasteiger charge is 2.33. The highest BCUT2D eigenvalue weighted by molar-refractivity contribution is 5.84. The topological polar surface area (TPSA) is 72.3 Å². The third-order valence-corrected chi connectivity index (χ3v) is 6.17. The number of hydrogen-bond acceptors (Lipinski definition) is 5. The van der Waals surface area contributed by atoms with Gasteiger partial charge in [-0.2, -0.15) is 5.10 Å². The summed E-state index contributed by atoms with van der Waals surface area (Å²) in [6.45, 7) is 2.60. The number of fused-ring (bicyclic) bond motifs is 2. The summed E-state index contributed by atoms with van der Waals surface area (Å²) in [4.78, 5) is 20.1. The highest BCUT2D eigenvalue weighted by atomic mass is 16.5. The summed E-state index contributed by atoms with van der Waals surface area (Å²) in [5.41, 5.74) is 5.21. The zero-order valence-corrected chi connectivity index (χ0v) is 18.9. The third kappa shape index (κ3) is 4.45. The Morgan fingerprint density at radius 2 is 2.00 bits per heavy atom. The van der Waals surface area contributed by atoms with E-state index in [1.54, 1.807) is 11.8 Å². The van der Waals surface area contributed by atoms with Crippen LogP contribution in [0.3, 0.4) is 0 Å². The van der Waals surface area contributed by atoms with Crippen molar-refractivity contribution in [3.8, 4) is 5.75 Å². The summed E-state index contributed by atoms with van der Waals surface area (Å²) in [5.74, 6) is 0.478.